The number of aromatic carboxylic acids is 1. The first-order valence-electron chi connectivity index (χ1n) is 4.81. The standard InChI is InChI=1S/C10H11N3O3/c1-3-13-9-7(5-11-13)6(10(14)15)4-8(12-9)16-2/h4-5H,3H2,1-2H3,(H,14,15). The van der Waals surface area contributed by atoms with Gasteiger partial charge in [0.2, 0.25) is 5.88 Å². The molecule has 0 aromatic carbocycles. The minimum atomic E-state index is -1.01. The number of rotatable bonds is 3. The van der Waals surface area contributed by atoms with E-state index >= 15 is 0 Å². The minimum Gasteiger partial charge on any atom is -0.481 e. The highest BCUT2D eigenvalue weighted by Gasteiger charge is 2.15. The van der Waals surface area contributed by atoms with Crippen molar-refractivity contribution in [1.29, 1.82) is 0 Å². The van der Waals surface area contributed by atoms with Crippen molar-refractivity contribution in [2.45, 2.75) is 13.5 Å². The van der Waals surface area contributed by atoms with Crippen molar-refractivity contribution < 1.29 is 14.6 Å². The summed E-state index contributed by atoms with van der Waals surface area (Å²) in [6.07, 6.45) is 1.51. The number of hydrogen-bond donors (Lipinski definition) is 1. The fourth-order valence-corrected chi connectivity index (χ4v) is 1.54. The third kappa shape index (κ3) is 1.48. The van der Waals surface area contributed by atoms with E-state index < -0.39 is 5.97 Å². The predicted octanol–water partition coefficient (Wildman–Crippen LogP) is 1.16. The van der Waals surface area contributed by atoms with E-state index in [1.807, 2.05) is 6.92 Å². The Morgan fingerprint density at radius 3 is 2.94 bits per heavy atom. The average Bonchev–Trinajstić information content (AvgIpc) is 2.69. The van der Waals surface area contributed by atoms with Crippen molar-refractivity contribution in [3.05, 3.63) is 17.8 Å². The Bertz CT molecular complexity index is 547. The summed E-state index contributed by atoms with van der Waals surface area (Å²) in [5.41, 5.74) is 0.681. The van der Waals surface area contributed by atoms with Crippen LogP contribution in [-0.2, 0) is 6.54 Å². The number of aromatic nitrogens is 3. The lowest BCUT2D eigenvalue weighted by molar-refractivity contribution is 0.0698. The molecule has 0 saturated heterocycles. The molecule has 16 heavy (non-hydrogen) atoms. The maximum absolute atomic E-state index is 11.1. The van der Waals surface area contributed by atoms with E-state index in [1.165, 1.54) is 19.4 Å². The van der Waals surface area contributed by atoms with E-state index in [2.05, 4.69) is 10.1 Å². The third-order valence-electron chi connectivity index (χ3n) is 2.32. The smallest absolute Gasteiger partial charge is 0.336 e. The van der Waals surface area contributed by atoms with Crippen molar-refractivity contribution >= 4 is 17.0 Å². The summed E-state index contributed by atoms with van der Waals surface area (Å²) in [6.45, 7) is 2.54. The van der Waals surface area contributed by atoms with Crippen LogP contribution in [0.5, 0.6) is 5.88 Å². The first kappa shape index (κ1) is 10.4. The Labute approximate surface area is 91.5 Å². The van der Waals surface area contributed by atoms with Crippen LogP contribution in [-0.4, -0.2) is 33.0 Å². The number of nitrogens with zero attached hydrogens (tertiary/aromatic N) is 3. The zero-order chi connectivity index (χ0) is 11.7. The summed E-state index contributed by atoms with van der Waals surface area (Å²) >= 11 is 0. The number of fused-ring (bicyclic) bond motifs is 1. The van der Waals surface area contributed by atoms with Gasteiger partial charge in [0.1, 0.15) is 0 Å². The Morgan fingerprint density at radius 1 is 1.62 bits per heavy atom. The lowest BCUT2D eigenvalue weighted by Gasteiger charge is -2.03. The Kier molecular flexibility index (Phi) is 2.47. The van der Waals surface area contributed by atoms with Crippen LogP contribution < -0.4 is 4.74 Å². The van der Waals surface area contributed by atoms with E-state index in [9.17, 15) is 4.79 Å². The van der Waals surface area contributed by atoms with Crippen LogP contribution in [0.15, 0.2) is 12.3 Å². The van der Waals surface area contributed by atoms with Gasteiger partial charge in [0.15, 0.2) is 5.65 Å². The molecule has 0 aliphatic carbocycles. The summed E-state index contributed by atoms with van der Waals surface area (Å²) in [5, 5.41) is 13.7. The first-order chi connectivity index (χ1) is 7.67. The minimum absolute atomic E-state index is 0.154. The van der Waals surface area contributed by atoms with Crippen molar-refractivity contribution in [3.63, 3.8) is 0 Å². The van der Waals surface area contributed by atoms with Gasteiger partial charge in [-0.15, -0.1) is 0 Å². The van der Waals surface area contributed by atoms with Gasteiger partial charge < -0.3 is 9.84 Å². The molecule has 0 unspecified atom stereocenters. The number of carboxylic acids is 1. The number of carbonyl (C=O) groups is 1. The average molecular weight is 221 g/mol. The molecule has 0 amide bonds. The molecule has 6 nitrogen and oxygen atoms in total. The molecule has 0 fully saturated rings. The zero-order valence-corrected chi connectivity index (χ0v) is 8.97. The zero-order valence-electron chi connectivity index (χ0n) is 8.97. The molecule has 2 heterocycles. The van der Waals surface area contributed by atoms with Crippen LogP contribution in [0.3, 0.4) is 0 Å². The SMILES string of the molecule is CCn1ncc2c(C(=O)O)cc(OC)nc21. The van der Waals surface area contributed by atoms with E-state index in [1.54, 1.807) is 4.68 Å². The topological polar surface area (TPSA) is 77.2 Å². The number of carboxylic acid groups (broad SMARTS) is 1. The highest BCUT2D eigenvalue weighted by Crippen LogP contribution is 2.21. The van der Waals surface area contributed by atoms with Gasteiger partial charge in [-0.1, -0.05) is 0 Å². The molecule has 0 aliphatic rings. The molecular weight excluding hydrogens is 210 g/mol. The lowest BCUT2D eigenvalue weighted by atomic mass is 10.2. The molecule has 6 heteroatoms. The molecule has 84 valence electrons. The highest BCUT2D eigenvalue weighted by atomic mass is 16.5. The second kappa shape index (κ2) is 3.80. The van der Waals surface area contributed by atoms with Crippen molar-refractivity contribution in [2.75, 3.05) is 7.11 Å². The fraction of sp³-hybridized carbons (Fsp3) is 0.300. The Morgan fingerprint density at radius 2 is 2.38 bits per heavy atom. The summed E-state index contributed by atoms with van der Waals surface area (Å²) in [6, 6.07) is 1.40. The van der Waals surface area contributed by atoms with Crippen LogP contribution in [0.4, 0.5) is 0 Å². The first-order valence-corrected chi connectivity index (χ1v) is 4.81. The summed E-state index contributed by atoms with van der Waals surface area (Å²) in [5.74, 6) is -0.735. The molecule has 0 spiro atoms. The lowest BCUT2D eigenvalue weighted by Crippen LogP contribution is -2.02. The third-order valence-corrected chi connectivity index (χ3v) is 2.32. The number of methoxy groups -OCH3 is 1. The van der Waals surface area contributed by atoms with E-state index in [0.717, 1.165) is 0 Å². The van der Waals surface area contributed by atoms with Gasteiger partial charge >= 0.3 is 5.97 Å². The number of pyridine rings is 1. The summed E-state index contributed by atoms with van der Waals surface area (Å²) in [7, 11) is 1.45. The Hall–Kier alpha value is -2.11. The van der Waals surface area contributed by atoms with Crippen molar-refractivity contribution in [1.82, 2.24) is 14.8 Å². The number of aryl methyl sites for hydroxylation is 1. The van der Waals surface area contributed by atoms with Crippen LogP contribution in [0.1, 0.15) is 17.3 Å². The van der Waals surface area contributed by atoms with E-state index in [4.69, 9.17) is 9.84 Å². The van der Waals surface area contributed by atoms with Gasteiger partial charge in [0.25, 0.3) is 0 Å². The van der Waals surface area contributed by atoms with Crippen LogP contribution >= 0.6 is 0 Å². The molecule has 2 rings (SSSR count). The Balaban J connectivity index is 2.78. The molecule has 0 atom stereocenters. The monoisotopic (exact) mass is 221 g/mol. The van der Waals surface area contributed by atoms with Gasteiger partial charge in [0.05, 0.1) is 24.3 Å². The molecule has 0 bridgehead atoms. The molecule has 0 aliphatic heterocycles. The molecule has 0 saturated carbocycles. The van der Waals surface area contributed by atoms with Crippen LogP contribution in [0.2, 0.25) is 0 Å². The van der Waals surface area contributed by atoms with Gasteiger partial charge in [-0.05, 0) is 6.92 Å². The maximum atomic E-state index is 11.1. The number of hydrogen-bond acceptors (Lipinski definition) is 4. The van der Waals surface area contributed by atoms with E-state index in [0.29, 0.717) is 17.6 Å². The summed E-state index contributed by atoms with van der Waals surface area (Å²) in [4.78, 5) is 15.2. The normalized spacial score (nSPS) is 10.6. The van der Waals surface area contributed by atoms with Crippen molar-refractivity contribution in [2.24, 2.45) is 0 Å². The highest BCUT2D eigenvalue weighted by molar-refractivity contribution is 6.01. The molecular formula is C10H11N3O3. The van der Waals surface area contributed by atoms with Gasteiger partial charge in [0, 0.05) is 12.6 Å². The predicted molar refractivity (Wildman–Crippen MR) is 56.7 cm³/mol. The second-order valence-corrected chi connectivity index (χ2v) is 3.21. The largest absolute Gasteiger partial charge is 0.481 e. The second-order valence-electron chi connectivity index (χ2n) is 3.21. The van der Waals surface area contributed by atoms with Crippen molar-refractivity contribution in [3.8, 4) is 5.88 Å². The van der Waals surface area contributed by atoms with Gasteiger partial charge in [-0.25, -0.2) is 9.48 Å². The fourth-order valence-electron chi connectivity index (χ4n) is 1.54. The van der Waals surface area contributed by atoms with Gasteiger partial charge in [-0.2, -0.15) is 10.1 Å². The molecule has 0 radical (unpaired) electrons. The summed E-state index contributed by atoms with van der Waals surface area (Å²) < 4.78 is 6.60. The quantitative estimate of drug-likeness (QED) is 0.841. The number of ether oxygens (including phenoxy) is 1. The molecule has 2 aromatic heterocycles. The van der Waals surface area contributed by atoms with Gasteiger partial charge in [-0.3, -0.25) is 0 Å². The maximum Gasteiger partial charge on any atom is 0.336 e. The molecule has 2 aromatic rings. The van der Waals surface area contributed by atoms with Crippen LogP contribution in [0, 0.1) is 0 Å². The van der Waals surface area contributed by atoms with E-state index in [-0.39, 0.29) is 11.4 Å². The van der Waals surface area contributed by atoms with Crippen LogP contribution in [0.25, 0.3) is 11.0 Å². The molecule has 1 N–H and O–H groups in total.